The first-order valence-corrected chi connectivity index (χ1v) is 8.64. The summed E-state index contributed by atoms with van der Waals surface area (Å²) in [6.07, 6.45) is 4.96. The van der Waals surface area contributed by atoms with E-state index in [2.05, 4.69) is 4.72 Å². The lowest BCUT2D eigenvalue weighted by atomic mass is 9.83. The summed E-state index contributed by atoms with van der Waals surface area (Å²) in [5.74, 6) is 0. The molecule has 114 valence electrons. The Balaban J connectivity index is 2.13. The first kappa shape index (κ1) is 16.0. The lowest BCUT2D eigenvalue weighted by Crippen LogP contribution is -2.51. The minimum atomic E-state index is -3.59. The smallest absolute Gasteiger partial charge is 0.240 e. The van der Waals surface area contributed by atoms with Crippen molar-refractivity contribution in [1.29, 1.82) is 5.26 Å². The summed E-state index contributed by atoms with van der Waals surface area (Å²) in [5.41, 5.74) is 6.84. The Morgan fingerprint density at radius 2 is 2.00 bits per heavy atom. The second-order valence-electron chi connectivity index (χ2n) is 5.84. The van der Waals surface area contributed by atoms with Gasteiger partial charge in [0.05, 0.1) is 16.5 Å². The molecule has 0 atom stereocenters. The topological polar surface area (TPSA) is 96.0 Å². The van der Waals surface area contributed by atoms with Crippen molar-refractivity contribution in [2.45, 2.75) is 49.5 Å². The molecule has 6 heteroatoms. The summed E-state index contributed by atoms with van der Waals surface area (Å²) in [7, 11) is -3.59. The van der Waals surface area contributed by atoms with Crippen LogP contribution in [-0.2, 0) is 10.0 Å². The van der Waals surface area contributed by atoms with E-state index in [0.29, 0.717) is 11.1 Å². The van der Waals surface area contributed by atoms with E-state index < -0.39 is 15.6 Å². The molecule has 0 unspecified atom stereocenters. The fraction of sp³-hybridized carbons (Fsp3) is 0.533. The lowest BCUT2D eigenvalue weighted by Gasteiger charge is -2.33. The molecular formula is C15H21N3O2S. The van der Waals surface area contributed by atoms with Crippen LogP contribution in [0.2, 0.25) is 0 Å². The number of hydrogen-bond donors (Lipinski definition) is 2. The second kappa shape index (κ2) is 6.14. The predicted molar refractivity (Wildman–Crippen MR) is 81.1 cm³/mol. The summed E-state index contributed by atoms with van der Waals surface area (Å²) in [4.78, 5) is 0.209. The number of hydrogen-bond acceptors (Lipinski definition) is 4. The molecular weight excluding hydrogens is 286 g/mol. The van der Waals surface area contributed by atoms with Crippen molar-refractivity contribution < 1.29 is 8.42 Å². The molecule has 1 aromatic rings. The first-order chi connectivity index (χ1) is 9.86. The van der Waals surface area contributed by atoms with E-state index in [4.69, 9.17) is 11.0 Å². The number of sulfonamides is 1. The Bertz CT molecular complexity index is 656. The fourth-order valence-corrected chi connectivity index (χ4v) is 4.13. The molecule has 0 bridgehead atoms. The highest BCUT2D eigenvalue weighted by Crippen LogP contribution is 2.26. The molecule has 0 radical (unpaired) electrons. The van der Waals surface area contributed by atoms with Gasteiger partial charge in [0.25, 0.3) is 0 Å². The van der Waals surface area contributed by atoms with E-state index >= 15 is 0 Å². The van der Waals surface area contributed by atoms with Crippen molar-refractivity contribution in [3.8, 4) is 6.07 Å². The zero-order chi connectivity index (χ0) is 15.5. The van der Waals surface area contributed by atoms with E-state index in [1.807, 2.05) is 6.07 Å². The van der Waals surface area contributed by atoms with Crippen molar-refractivity contribution >= 4 is 10.0 Å². The van der Waals surface area contributed by atoms with Crippen molar-refractivity contribution in [2.75, 3.05) is 6.54 Å². The molecule has 1 aromatic carbocycles. The summed E-state index contributed by atoms with van der Waals surface area (Å²) in [6.45, 7) is 1.95. The van der Waals surface area contributed by atoms with Gasteiger partial charge in [-0.25, -0.2) is 13.1 Å². The maximum atomic E-state index is 12.4. The average molecular weight is 307 g/mol. The molecule has 3 N–H and O–H groups in total. The summed E-state index contributed by atoms with van der Waals surface area (Å²) in [5, 5.41) is 8.83. The van der Waals surface area contributed by atoms with E-state index in [1.54, 1.807) is 13.0 Å². The molecule has 1 aliphatic rings. The Kier molecular flexibility index (Phi) is 4.67. The zero-order valence-electron chi connectivity index (χ0n) is 12.2. The molecule has 0 aromatic heterocycles. The Morgan fingerprint density at radius 3 is 2.57 bits per heavy atom. The van der Waals surface area contributed by atoms with Crippen LogP contribution in [0.4, 0.5) is 0 Å². The molecule has 0 spiro atoms. The van der Waals surface area contributed by atoms with E-state index in [9.17, 15) is 8.42 Å². The van der Waals surface area contributed by atoms with Crippen molar-refractivity contribution in [3.63, 3.8) is 0 Å². The van der Waals surface area contributed by atoms with Gasteiger partial charge in [-0.1, -0.05) is 19.3 Å². The normalized spacial score (nSPS) is 18.1. The van der Waals surface area contributed by atoms with E-state index in [-0.39, 0.29) is 11.4 Å². The van der Waals surface area contributed by atoms with Crippen LogP contribution in [0.5, 0.6) is 0 Å². The molecule has 0 aliphatic heterocycles. The molecule has 1 aliphatic carbocycles. The van der Waals surface area contributed by atoms with Gasteiger partial charge in [-0.2, -0.15) is 5.26 Å². The van der Waals surface area contributed by atoms with Gasteiger partial charge in [-0.05, 0) is 43.5 Å². The van der Waals surface area contributed by atoms with Gasteiger partial charge in [0.2, 0.25) is 10.0 Å². The van der Waals surface area contributed by atoms with Crippen LogP contribution in [0.3, 0.4) is 0 Å². The molecule has 0 heterocycles. The molecule has 0 saturated heterocycles. The van der Waals surface area contributed by atoms with Crippen LogP contribution in [0.15, 0.2) is 23.1 Å². The molecule has 2 rings (SSSR count). The average Bonchev–Trinajstić information content (AvgIpc) is 2.46. The van der Waals surface area contributed by atoms with Gasteiger partial charge in [0.15, 0.2) is 0 Å². The van der Waals surface area contributed by atoms with Crippen LogP contribution < -0.4 is 10.5 Å². The van der Waals surface area contributed by atoms with Gasteiger partial charge in [-0.15, -0.1) is 0 Å². The van der Waals surface area contributed by atoms with Gasteiger partial charge in [-0.3, -0.25) is 0 Å². The molecule has 1 saturated carbocycles. The lowest BCUT2D eigenvalue weighted by molar-refractivity contribution is 0.296. The number of nitrogens with one attached hydrogen (secondary N) is 1. The molecule has 0 amide bonds. The third-order valence-corrected chi connectivity index (χ3v) is 5.62. The van der Waals surface area contributed by atoms with Crippen LogP contribution in [-0.4, -0.2) is 20.5 Å². The number of rotatable bonds is 4. The van der Waals surface area contributed by atoms with Crippen LogP contribution in [0.25, 0.3) is 0 Å². The largest absolute Gasteiger partial charge is 0.324 e. The third-order valence-electron chi connectivity index (χ3n) is 4.06. The highest BCUT2D eigenvalue weighted by molar-refractivity contribution is 7.89. The zero-order valence-corrected chi connectivity index (χ0v) is 13.0. The maximum Gasteiger partial charge on any atom is 0.240 e. The Hall–Kier alpha value is -1.42. The number of nitrogens with zero attached hydrogens (tertiary/aromatic N) is 1. The number of nitrogens with two attached hydrogens (primary N) is 1. The van der Waals surface area contributed by atoms with Crippen LogP contribution in [0, 0.1) is 18.3 Å². The van der Waals surface area contributed by atoms with Gasteiger partial charge >= 0.3 is 0 Å². The van der Waals surface area contributed by atoms with E-state index in [0.717, 1.165) is 25.7 Å². The minimum absolute atomic E-state index is 0.209. The molecule has 1 fully saturated rings. The maximum absolute atomic E-state index is 12.4. The van der Waals surface area contributed by atoms with Crippen LogP contribution >= 0.6 is 0 Å². The number of aryl methyl sites for hydroxylation is 1. The summed E-state index contributed by atoms with van der Waals surface area (Å²) in [6, 6.07) is 6.56. The van der Waals surface area contributed by atoms with E-state index in [1.165, 1.54) is 18.6 Å². The quantitative estimate of drug-likeness (QED) is 0.886. The highest BCUT2D eigenvalue weighted by atomic mass is 32.2. The monoisotopic (exact) mass is 307 g/mol. The second-order valence-corrected chi connectivity index (χ2v) is 7.58. The Morgan fingerprint density at radius 1 is 1.33 bits per heavy atom. The SMILES string of the molecule is Cc1cc(C#N)ccc1S(=O)(=O)NCC1(N)CCCCC1. The van der Waals surface area contributed by atoms with Crippen molar-refractivity contribution in [3.05, 3.63) is 29.3 Å². The highest BCUT2D eigenvalue weighted by Gasteiger charge is 2.29. The first-order valence-electron chi connectivity index (χ1n) is 7.16. The summed E-state index contributed by atoms with van der Waals surface area (Å²) >= 11 is 0. The standard InChI is InChI=1S/C15H21N3O2S/c1-12-9-13(10-16)5-6-14(12)21(19,20)18-11-15(17)7-3-2-4-8-15/h5-6,9,18H,2-4,7-8,11,17H2,1H3. The Labute approximate surface area is 126 Å². The predicted octanol–water partition coefficient (Wildman–Crippen LogP) is 1.81. The van der Waals surface area contributed by atoms with Gasteiger partial charge in [0, 0.05) is 12.1 Å². The molecule has 5 nitrogen and oxygen atoms in total. The third kappa shape index (κ3) is 3.82. The van der Waals surface area contributed by atoms with Crippen molar-refractivity contribution in [1.82, 2.24) is 4.72 Å². The minimum Gasteiger partial charge on any atom is -0.324 e. The number of nitriles is 1. The van der Waals surface area contributed by atoms with Crippen molar-refractivity contribution in [2.24, 2.45) is 5.73 Å². The van der Waals surface area contributed by atoms with Gasteiger partial charge in [0.1, 0.15) is 0 Å². The molecule has 21 heavy (non-hydrogen) atoms. The van der Waals surface area contributed by atoms with Gasteiger partial charge < -0.3 is 5.73 Å². The van der Waals surface area contributed by atoms with Crippen LogP contribution in [0.1, 0.15) is 43.2 Å². The summed E-state index contributed by atoms with van der Waals surface area (Å²) < 4.78 is 27.4. The fourth-order valence-electron chi connectivity index (χ4n) is 2.77. The number of benzene rings is 1.